The van der Waals surface area contributed by atoms with E-state index in [2.05, 4.69) is 42.0 Å². The maximum absolute atomic E-state index is 4.66. The summed E-state index contributed by atoms with van der Waals surface area (Å²) in [7, 11) is 0. The van der Waals surface area contributed by atoms with E-state index in [0.29, 0.717) is 6.04 Å². The highest BCUT2D eigenvalue weighted by atomic mass is 32.1. The van der Waals surface area contributed by atoms with Crippen LogP contribution in [0.25, 0.3) is 10.2 Å². The molecule has 2 nitrogen and oxygen atoms in total. The molecule has 90 valence electrons. The Hall–Kier alpha value is -1.19. The van der Waals surface area contributed by atoms with Crippen LogP contribution in [0.5, 0.6) is 0 Å². The van der Waals surface area contributed by atoms with Crippen LogP contribution >= 0.6 is 11.3 Å². The van der Waals surface area contributed by atoms with E-state index in [4.69, 9.17) is 0 Å². The summed E-state index contributed by atoms with van der Waals surface area (Å²) < 4.78 is 1.27. The average molecular weight is 246 g/mol. The number of nitrogens with zero attached hydrogens (tertiary/aromatic N) is 1. The summed E-state index contributed by atoms with van der Waals surface area (Å²) in [5.74, 6) is 0. The summed E-state index contributed by atoms with van der Waals surface area (Å²) in [5, 5.41) is 4.68. The fraction of sp³-hybridized carbons (Fsp3) is 0.357. The number of nitrogens with one attached hydrogen (secondary N) is 1. The van der Waals surface area contributed by atoms with Crippen LogP contribution in [-0.4, -0.2) is 17.6 Å². The first-order chi connectivity index (χ1) is 8.33. The molecule has 1 unspecified atom stereocenters. The fourth-order valence-corrected chi connectivity index (χ4v) is 2.99. The van der Waals surface area contributed by atoms with Gasteiger partial charge in [-0.25, -0.2) is 4.98 Å². The number of thiazole rings is 1. The molecule has 0 aliphatic carbocycles. The molecule has 17 heavy (non-hydrogen) atoms. The van der Waals surface area contributed by atoms with Gasteiger partial charge in [-0.2, -0.15) is 0 Å². The molecule has 0 aliphatic rings. The van der Waals surface area contributed by atoms with Crippen molar-refractivity contribution >= 4 is 21.6 Å². The normalized spacial score (nSPS) is 12.8. The van der Waals surface area contributed by atoms with Gasteiger partial charge in [0.25, 0.3) is 0 Å². The van der Waals surface area contributed by atoms with Gasteiger partial charge in [0.1, 0.15) is 0 Å². The maximum atomic E-state index is 4.66. The summed E-state index contributed by atoms with van der Waals surface area (Å²) in [4.78, 5) is 4.66. The zero-order valence-electron chi connectivity index (χ0n) is 10.1. The SMILES string of the molecule is C=CCC(Cc1nc2ccccc2s1)NCC. The van der Waals surface area contributed by atoms with Gasteiger partial charge in [0.15, 0.2) is 0 Å². The molecule has 1 aromatic heterocycles. The van der Waals surface area contributed by atoms with Crippen molar-refractivity contribution in [3.05, 3.63) is 41.9 Å². The van der Waals surface area contributed by atoms with Crippen molar-refractivity contribution in [3.8, 4) is 0 Å². The molecular formula is C14H18N2S. The van der Waals surface area contributed by atoms with Crippen LogP contribution in [0.3, 0.4) is 0 Å². The lowest BCUT2D eigenvalue weighted by molar-refractivity contribution is 0.529. The topological polar surface area (TPSA) is 24.9 Å². The number of likely N-dealkylation sites (N-methyl/N-ethyl adjacent to an activating group) is 1. The monoisotopic (exact) mass is 246 g/mol. The Morgan fingerprint density at radius 3 is 3.00 bits per heavy atom. The Balaban J connectivity index is 2.13. The van der Waals surface area contributed by atoms with Crippen LogP contribution in [0.2, 0.25) is 0 Å². The average Bonchev–Trinajstić information content (AvgIpc) is 2.71. The lowest BCUT2D eigenvalue weighted by Gasteiger charge is -2.13. The number of hydrogen-bond donors (Lipinski definition) is 1. The first-order valence-corrected chi connectivity index (χ1v) is 6.84. The van der Waals surface area contributed by atoms with Crippen molar-refractivity contribution in [1.29, 1.82) is 0 Å². The van der Waals surface area contributed by atoms with Crippen LogP contribution in [0.4, 0.5) is 0 Å². The van der Waals surface area contributed by atoms with Gasteiger partial charge in [0.2, 0.25) is 0 Å². The van der Waals surface area contributed by atoms with Crippen LogP contribution in [0.15, 0.2) is 36.9 Å². The van der Waals surface area contributed by atoms with Gasteiger partial charge in [0, 0.05) is 12.5 Å². The molecule has 1 atom stereocenters. The van der Waals surface area contributed by atoms with Crippen molar-refractivity contribution in [2.45, 2.75) is 25.8 Å². The standard InChI is InChI=1S/C14H18N2S/c1-3-7-11(15-4-2)10-14-16-12-8-5-6-9-13(12)17-14/h3,5-6,8-9,11,15H,1,4,7,10H2,2H3. The predicted octanol–water partition coefficient (Wildman–Crippen LogP) is 3.39. The number of benzene rings is 1. The number of hydrogen-bond acceptors (Lipinski definition) is 3. The molecule has 0 bridgehead atoms. The molecule has 2 aromatic rings. The van der Waals surface area contributed by atoms with Crippen molar-refractivity contribution in [3.63, 3.8) is 0 Å². The molecule has 1 aromatic carbocycles. The van der Waals surface area contributed by atoms with E-state index in [1.54, 1.807) is 11.3 Å². The third-order valence-corrected chi connectivity index (χ3v) is 3.76. The van der Waals surface area contributed by atoms with Crippen molar-refractivity contribution in [1.82, 2.24) is 10.3 Å². The third-order valence-electron chi connectivity index (χ3n) is 2.70. The van der Waals surface area contributed by atoms with E-state index in [0.717, 1.165) is 24.9 Å². The third kappa shape index (κ3) is 3.14. The second-order valence-corrected chi connectivity index (χ2v) is 5.17. The van der Waals surface area contributed by atoms with Crippen LogP contribution < -0.4 is 5.32 Å². The number of para-hydroxylation sites is 1. The summed E-state index contributed by atoms with van der Waals surface area (Å²) in [6.07, 6.45) is 3.95. The quantitative estimate of drug-likeness (QED) is 0.790. The minimum Gasteiger partial charge on any atom is -0.314 e. The summed E-state index contributed by atoms with van der Waals surface area (Å²) in [6, 6.07) is 8.77. The molecule has 0 saturated heterocycles. The minimum atomic E-state index is 0.457. The Labute approximate surface area is 106 Å². The molecule has 0 fully saturated rings. The smallest absolute Gasteiger partial charge is 0.0954 e. The lowest BCUT2D eigenvalue weighted by atomic mass is 10.1. The largest absolute Gasteiger partial charge is 0.314 e. The first-order valence-electron chi connectivity index (χ1n) is 6.02. The van der Waals surface area contributed by atoms with E-state index in [1.165, 1.54) is 9.71 Å². The zero-order chi connectivity index (χ0) is 12.1. The Bertz CT molecular complexity index is 457. The highest BCUT2D eigenvalue weighted by molar-refractivity contribution is 7.18. The second kappa shape index (κ2) is 5.94. The molecule has 2 rings (SSSR count). The van der Waals surface area contributed by atoms with Crippen LogP contribution in [0, 0.1) is 0 Å². The van der Waals surface area contributed by atoms with E-state index >= 15 is 0 Å². The first kappa shape index (κ1) is 12.3. The molecule has 1 N–H and O–H groups in total. The molecule has 0 spiro atoms. The molecule has 0 aliphatic heterocycles. The minimum absolute atomic E-state index is 0.457. The van der Waals surface area contributed by atoms with Gasteiger partial charge in [-0.1, -0.05) is 25.1 Å². The summed E-state index contributed by atoms with van der Waals surface area (Å²) in [6.45, 7) is 6.93. The number of fused-ring (bicyclic) bond motifs is 1. The van der Waals surface area contributed by atoms with Gasteiger partial charge in [0.05, 0.1) is 15.2 Å². The van der Waals surface area contributed by atoms with E-state index < -0.39 is 0 Å². The van der Waals surface area contributed by atoms with Crippen molar-refractivity contribution < 1.29 is 0 Å². The second-order valence-electron chi connectivity index (χ2n) is 4.06. The van der Waals surface area contributed by atoms with E-state index in [9.17, 15) is 0 Å². The molecule has 3 heteroatoms. The van der Waals surface area contributed by atoms with Crippen molar-refractivity contribution in [2.75, 3.05) is 6.54 Å². The molecule has 0 radical (unpaired) electrons. The van der Waals surface area contributed by atoms with Gasteiger partial charge in [-0.3, -0.25) is 0 Å². The van der Waals surface area contributed by atoms with Gasteiger partial charge >= 0.3 is 0 Å². The molecule has 0 saturated carbocycles. The number of aromatic nitrogens is 1. The van der Waals surface area contributed by atoms with Gasteiger partial charge in [-0.15, -0.1) is 17.9 Å². The fourth-order valence-electron chi connectivity index (χ4n) is 1.95. The summed E-state index contributed by atoms with van der Waals surface area (Å²) >= 11 is 1.79. The van der Waals surface area contributed by atoms with E-state index in [1.807, 2.05) is 12.1 Å². The zero-order valence-corrected chi connectivity index (χ0v) is 11.0. The van der Waals surface area contributed by atoms with Crippen LogP contribution in [0.1, 0.15) is 18.4 Å². The highest BCUT2D eigenvalue weighted by Gasteiger charge is 2.10. The molecule has 1 heterocycles. The number of rotatable bonds is 6. The highest BCUT2D eigenvalue weighted by Crippen LogP contribution is 2.22. The van der Waals surface area contributed by atoms with E-state index in [-0.39, 0.29) is 0 Å². The predicted molar refractivity (Wildman–Crippen MR) is 75.6 cm³/mol. The Morgan fingerprint density at radius 2 is 2.29 bits per heavy atom. The Kier molecular flexibility index (Phi) is 4.29. The lowest BCUT2D eigenvalue weighted by Crippen LogP contribution is -2.30. The summed E-state index contributed by atoms with van der Waals surface area (Å²) in [5.41, 5.74) is 1.11. The molecule has 0 amide bonds. The maximum Gasteiger partial charge on any atom is 0.0954 e. The van der Waals surface area contributed by atoms with Crippen LogP contribution in [-0.2, 0) is 6.42 Å². The van der Waals surface area contributed by atoms with Gasteiger partial charge in [-0.05, 0) is 25.1 Å². The van der Waals surface area contributed by atoms with Gasteiger partial charge < -0.3 is 5.32 Å². The Morgan fingerprint density at radius 1 is 1.47 bits per heavy atom. The van der Waals surface area contributed by atoms with Crippen molar-refractivity contribution in [2.24, 2.45) is 0 Å². The molecular weight excluding hydrogens is 228 g/mol.